The molecule has 8 heteroatoms. The Labute approximate surface area is 121 Å². The summed E-state index contributed by atoms with van der Waals surface area (Å²) in [7, 11) is 0. The number of rotatable bonds is 4. The summed E-state index contributed by atoms with van der Waals surface area (Å²) in [6.45, 7) is 1.83. The summed E-state index contributed by atoms with van der Waals surface area (Å²) in [5.74, 6) is -0.379. The molecule has 0 radical (unpaired) electrons. The highest BCUT2D eigenvalue weighted by Gasteiger charge is 2.15. The predicted molar refractivity (Wildman–Crippen MR) is 74.7 cm³/mol. The Bertz CT molecular complexity index is 669. The largest absolute Gasteiger partial charge is 0.768 e. The van der Waals surface area contributed by atoms with Gasteiger partial charge in [-0.2, -0.15) is 0 Å². The van der Waals surface area contributed by atoms with Crippen LogP contribution < -0.4 is 5.32 Å². The molecule has 1 aromatic carbocycles. The lowest BCUT2D eigenvalue weighted by Crippen LogP contribution is -2.13. The second-order valence-corrected chi connectivity index (χ2v) is 6.03. The van der Waals surface area contributed by atoms with Crippen LogP contribution in [0.2, 0.25) is 0 Å². The molecule has 1 amide bonds. The van der Waals surface area contributed by atoms with Crippen LogP contribution in [0.4, 0.5) is 5.13 Å². The van der Waals surface area contributed by atoms with Crippen LogP contribution in [-0.2, 0) is 17.5 Å². The molecule has 0 aliphatic heterocycles. The van der Waals surface area contributed by atoms with E-state index in [4.69, 9.17) is 0 Å². The molecule has 0 aliphatic carbocycles. The number of benzene rings is 1. The predicted octanol–water partition coefficient (Wildman–Crippen LogP) is 1.90. The van der Waals surface area contributed by atoms with E-state index in [1.165, 1.54) is 12.3 Å². The van der Waals surface area contributed by atoms with Crippen molar-refractivity contribution in [2.45, 2.75) is 17.6 Å². The number of hydrogen-bond donors (Lipinski definition) is 2. The molecular formula is C12H11N2O4S2-. The van der Waals surface area contributed by atoms with Crippen molar-refractivity contribution in [2.24, 2.45) is 0 Å². The van der Waals surface area contributed by atoms with Gasteiger partial charge in [0, 0.05) is 11.1 Å². The molecule has 1 heterocycles. The summed E-state index contributed by atoms with van der Waals surface area (Å²) in [5, 5.41) is 12.4. The van der Waals surface area contributed by atoms with E-state index < -0.39 is 17.0 Å². The lowest BCUT2D eigenvalue weighted by molar-refractivity contribution is 0.102. The Morgan fingerprint density at radius 3 is 2.90 bits per heavy atom. The first kappa shape index (κ1) is 14.6. The van der Waals surface area contributed by atoms with Crippen LogP contribution in [0, 0.1) is 0 Å². The molecule has 0 bridgehead atoms. The van der Waals surface area contributed by atoms with Crippen LogP contribution in [0.5, 0.6) is 5.75 Å². The minimum atomic E-state index is -2.36. The van der Waals surface area contributed by atoms with Gasteiger partial charge in [-0.15, -0.1) is 0 Å². The van der Waals surface area contributed by atoms with Gasteiger partial charge in [-0.05, 0) is 29.6 Å². The Morgan fingerprint density at radius 1 is 1.55 bits per heavy atom. The van der Waals surface area contributed by atoms with Crippen LogP contribution in [0.25, 0.3) is 0 Å². The highest BCUT2D eigenvalue weighted by Crippen LogP contribution is 2.24. The van der Waals surface area contributed by atoms with E-state index in [1.807, 2.05) is 6.92 Å². The van der Waals surface area contributed by atoms with Gasteiger partial charge in [-0.3, -0.25) is 14.3 Å². The maximum Gasteiger partial charge on any atom is 0.257 e. The Hall–Kier alpha value is -1.77. The number of thiazole rings is 1. The molecule has 2 N–H and O–H groups in total. The van der Waals surface area contributed by atoms with Gasteiger partial charge in [0.1, 0.15) is 5.75 Å². The third-order valence-electron chi connectivity index (χ3n) is 2.62. The highest BCUT2D eigenvalue weighted by molar-refractivity contribution is 7.81. The molecule has 0 fully saturated rings. The van der Waals surface area contributed by atoms with E-state index in [1.54, 1.807) is 12.1 Å². The number of amides is 1. The normalized spacial score (nSPS) is 12.1. The van der Waals surface area contributed by atoms with Gasteiger partial charge < -0.3 is 9.66 Å². The van der Waals surface area contributed by atoms with Gasteiger partial charge >= 0.3 is 0 Å². The van der Waals surface area contributed by atoms with Crippen LogP contribution in [0.3, 0.4) is 0 Å². The van der Waals surface area contributed by atoms with Crippen LogP contribution in [0.15, 0.2) is 28.6 Å². The molecule has 0 saturated carbocycles. The number of nitrogens with zero attached hydrogens (tertiary/aromatic N) is 1. The highest BCUT2D eigenvalue weighted by atomic mass is 32.2. The fraction of sp³-hybridized carbons (Fsp3) is 0.167. The summed E-state index contributed by atoms with van der Waals surface area (Å²) < 4.78 is 21.5. The van der Waals surface area contributed by atoms with Gasteiger partial charge in [0.05, 0.1) is 10.4 Å². The van der Waals surface area contributed by atoms with Crippen LogP contribution in [0.1, 0.15) is 22.8 Å². The first-order chi connectivity index (χ1) is 9.52. The second-order valence-electron chi connectivity index (χ2n) is 3.83. The van der Waals surface area contributed by atoms with Gasteiger partial charge in [-0.25, -0.2) is 4.98 Å². The van der Waals surface area contributed by atoms with Gasteiger partial charge in [0.15, 0.2) is 5.13 Å². The maximum absolute atomic E-state index is 12.1. The second kappa shape index (κ2) is 6.12. The van der Waals surface area contributed by atoms with Gasteiger partial charge in [0.2, 0.25) is 0 Å². The summed E-state index contributed by atoms with van der Waals surface area (Å²) in [6.07, 6.45) is 1.68. The van der Waals surface area contributed by atoms with E-state index in [-0.39, 0.29) is 15.1 Å². The summed E-state index contributed by atoms with van der Waals surface area (Å²) >= 11 is -1.50. The fourth-order valence-electron chi connectivity index (χ4n) is 1.72. The van der Waals surface area contributed by atoms with E-state index in [0.29, 0.717) is 17.5 Å². The molecule has 106 valence electrons. The Kier molecular flexibility index (Phi) is 4.48. The summed E-state index contributed by atoms with van der Waals surface area (Å²) in [4.78, 5) is 15.9. The zero-order valence-electron chi connectivity index (χ0n) is 10.5. The average Bonchev–Trinajstić information content (AvgIpc) is 2.87. The third kappa shape index (κ3) is 3.03. The first-order valence-corrected chi connectivity index (χ1v) is 7.59. The Balaban J connectivity index is 2.23. The third-order valence-corrected chi connectivity index (χ3v) is 4.42. The minimum Gasteiger partial charge on any atom is -0.768 e. The van der Waals surface area contributed by atoms with Crippen molar-refractivity contribution in [2.75, 3.05) is 5.32 Å². The number of carbonyl (C=O) groups is 1. The molecular weight excluding hydrogens is 300 g/mol. The fourth-order valence-corrected chi connectivity index (χ4v) is 2.91. The zero-order valence-corrected chi connectivity index (χ0v) is 12.1. The van der Waals surface area contributed by atoms with Crippen LogP contribution in [-0.4, -0.2) is 24.8 Å². The first-order valence-electron chi connectivity index (χ1n) is 5.70. The van der Waals surface area contributed by atoms with Crippen molar-refractivity contribution < 1.29 is 18.7 Å². The number of phenols is 1. The lowest BCUT2D eigenvalue weighted by atomic mass is 10.0. The molecule has 6 nitrogen and oxygen atoms in total. The molecule has 1 unspecified atom stereocenters. The molecule has 2 aromatic rings. The van der Waals surface area contributed by atoms with Crippen molar-refractivity contribution in [1.82, 2.24) is 4.98 Å². The maximum atomic E-state index is 12.1. The van der Waals surface area contributed by atoms with Crippen molar-refractivity contribution in [1.29, 1.82) is 0 Å². The topological polar surface area (TPSA) is 102 Å². The van der Waals surface area contributed by atoms with E-state index in [0.717, 1.165) is 11.3 Å². The number of anilines is 1. The smallest absolute Gasteiger partial charge is 0.257 e. The number of carbonyl (C=O) groups excluding carboxylic acids is 1. The van der Waals surface area contributed by atoms with E-state index >= 15 is 0 Å². The summed E-state index contributed by atoms with van der Waals surface area (Å²) in [5.41, 5.74) is 0.877. The zero-order chi connectivity index (χ0) is 14.7. The molecule has 0 aliphatic rings. The quantitative estimate of drug-likeness (QED) is 0.840. The summed E-state index contributed by atoms with van der Waals surface area (Å²) in [6, 6.07) is 4.68. The average molecular weight is 311 g/mol. The number of aromatic nitrogens is 1. The molecule has 2 rings (SSSR count). The number of hydrogen-bond acceptors (Lipinski definition) is 6. The lowest BCUT2D eigenvalue weighted by Gasteiger charge is -2.08. The Morgan fingerprint density at radius 2 is 2.30 bits per heavy atom. The van der Waals surface area contributed by atoms with Crippen LogP contribution >= 0.6 is 11.3 Å². The molecule has 1 atom stereocenters. The SMILES string of the molecule is CCc1c(O)cccc1C(=O)Nc1ncc(S(=O)[O-])s1. The number of phenolic OH excluding ortho intramolecular Hbond substituents is 1. The molecule has 20 heavy (non-hydrogen) atoms. The number of nitrogens with one attached hydrogen (secondary N) is 1. The van der Waals surface area contributed by atoms with Gasteiger partial charge in [-0.1, -0.05) is 24.3 Å². The molecule has 0 saturated heterocycles. The molecule has 1 aromatic heterocycles. The van der Waals surface area contributed by atoms with Crippen molar-refractivity contribution in [3.63, 3.8) is 0 Å². The van der Waals surface area contributed by atoms with Crippen molar-refractivity contribution in [3.8, 4) is 5.75 Å². The van der Waals surface area contributed by atoms with Gasteiger partial charge in [0.25, 0.3) is 5.91 Å². The van der Waals surface area contributed by atoms with Crippen molar-refractivity contribution in [3.05, 3.63) is 35.5 Å². The van der Waals surface area contributed by atoms with E-state index in [9.17, 15) is 18.7 Å². The number of aromatic hydroxyl groups is 1. The van der Waals surface area contributed by atoms with E-state index in [2.05, 4.69) is 10.3 Å². The minimum absolute atomic E-state index is 0.0481. The standard InChI is InChI=1S/C12H12N2O4S2/c1-2-7-8(4-3-5-9(7)15)11(16)14-12-13-6-10(19-12)20(17)18/h3-6,15H,2H2,1H3,(H,17,18)(H,13,14,16)/p-1. The molecule has 0 spiro atoms. The monoisotopic (exact) mass is 311 g/mol. The van der Waals surface area contributed by atoms with Crippen molar-refractivity contribution >= 4 is 33.5 Å².